The van der Waals surface area contributed by atoms with Crippen molar-refractivity contribution in [1.29, 1.82) is 0 Å². The second kappa shape index (κ2) is 8.82. The summed E-state index contributed by atoms with van der Waals surface area (Å²) in [6.07, 6.45) is -0.325. The highest BCUT2D eigenvalue weighted by Gasteiger charge is 2.52. The van der Waals surface area contributed by atoms with E-state index in [1.165, 1.54) is 6.07 Å². The third-order valence-electron chi connectivity index (χ3n) is 6.22. The largest absolute Gasteiger partial charge is 0.573 e. The van der Waals surface area contributed by atoms with Gasteiger partial charge in [-0.3, -0.25) is 0 Å². The van der Waals surface area contributed by atoms with Crippen molar-refractivity contribution in [2.45, 2.75) is 51.9 Å². The zero-order chi connectivity index (χ0) is 19.4. The molecule has 2 fully saturated rings. The lowest BCUT2D eigenvalue weighted by Gasteiger charge is -2.29. The third kappa shape index (κ3) is 5.38. The molecule has 1 aliphatic heterocycles. The normalized spacial score (nSPS) is 26.5. The summed E-state index contributed by atoms with van der Waals surface area (Å²) in [7, 11) is 0. The van der Waals surface area contributed by atoms with E-state index in [2.05, 4.69) is 29.2 Å². The van der Waals surface area contributed by atoms with Crippen LogP contribution in [0.4, 0.5) is 13.2 Å². The minimum atomic E-state index is -4.66. The van der Waals surface area contributed by atoms with Crippen molar-refractivity contribution in [1.82, 2.24) is 10.6 Å². The van der Waals surface area contributed by atoms with E-state index in [0.717, 1.165) is 62.7 Å². The second-order valence-corrected chi connectivity index (χ2v) is 7.97. The first-order chi connectivity index (χ1) is 12.9. The molecule has 0 spiro atoms. The molecule has 1 aromatic carbocycles. The Kier molecular flexibility index (Phi) is 6.69. The predicted molar refractivity (Wildman–Crippen MR) is 101 cm³/mol. The molecule has 0 bridgehead atoms. The number of ether oxygens (including phenoxy) is 1. The van der Waals surface area contributed by atoms with Crippen LogP contribution in [0, 0.1) is 23.7 Å². The summed E-state index contributed by atoms with van der Waals surface area (Å²) in [6, 6.07) is 6.57. The number of hydrogen-bond donors (Lipinski definition) is 2. The van der Waals surface area contributed by atoms with Crippen LogP contribution < -0.4 is 15.4 Å². The van der Waals surface area contributed by atoms with Crippen LogP contribution in [0.3, 0.4) is 0 Å². The fourth-order valence-electron chi connectivity index (χ4n) is 4.65. The summed E-state index contributed by atoms with van der Waals surface area (Å²) in [5.74, 6) is 2.52. The van der Waals surface area contributed by atoms with Gasteiger partial charge in [0.1, 0.15) is 5.75 Å². The van der Waals surface area contributed by atoms with E-state index in [1.54, 1.807) is 12.1 Å². The molecule has 1 saturated heterocycles. The van der Waals surface area contributed by atoms with Crippen molar-refractivity contribution in [2.24, 2.45) is 23.7 Å². The van der Waals surface area contributed by atoms with Crippen LogP contribution in [0.1, 0.15) is 51.1 Å². The van der Waals surface area contributed by atoms with E-state index in [-0.39, 0.29) is 11.8 Å². The topological polar surface area (TPSA) is 33.3 Å². The highest BCUT2D eigenvalue weighted by molar-refractivity contribution is 5.31. The Hall–Kier alpha value is -1.27. The Morgan fingerprint density at radius 2 is 1.96 bits per heavy atom. The van der Waals surface area contributed by atoms with Crippen LogP contribution in [0.25, 0.3) is 0 Å². The molecule has 27 heavy (non-hydrogen) atoms. The number of halogens is 3. The van der Waals surface area contributed by atoms with Gasteiger partial charge in [-0.1, -0.05) is 45.2 Å². The van der Waals surface area contributed by atoms with E-state index in [1.807, 2.05) is 6.07 Å². The van der Waals surface area contributed by atoms with Crippen LogP contribution in [0.2, 0.25) is 0 Å². The predicted octanol–water partition coefficient (Wildman–Crippen LogP) is 4.90. The Balaban J connectivity index is 1.72. The summed E-state index contributed by atoms with van der Waals surface area (Å²) in [5.41, 5.74) is 0.892. The summed E-state index contributed by atoms with van der Waals surface area (Å²) in [6.45, 7) is 7.48. The van der Waals surface area contributed by atoms with Gasteiger partial charge in [0.05, 0.1) is 0 Å². The van der Waals surface area contributed by atoms with Gasteiger partial charge in [0, 0.05) is 6.04 Å². The second-order valence-electron chi connectivity index (χ2n) is 7.97. The van der Waals surface area contributed by atoms with Gasteiger partial charge in [-0.05, 0) is 67.4 Å². The van der Waals surface area contributed by atoms with Crippen molar-refractivity contribution in [3.63, 3.8) is 0 Å². The monoisotopic (exact) mass is 384 g/mol. The van der Waals surface area contributed by atoms with Gasteiger partial charge in [-0.25, -0.2) is 0 Å². The molecule has 0 amide bonds. The molecule has 1 aliphatic carbocycles. The van der Waals surface area contributed by atoms with Crippen molar-refractivity contribution in [3.05, 3.63) is 29.8 Å². The number of benzene rings is 1. The maximum absolute atomic E-state index is 12.6. The number of piperidine rings is 1. The first-order valence-electron chi connectivity index (χ1n) is 10.2. The minimum absolute atomic E-state index is 0.0626. The van der Waals surface area contributed by atoms with Crippen molar-refractivity contribution < 1.29 is 17.9 Å². The van der Waals surface area contributed by atoms with Crippen molar-refractivity contribution >= 4 is 0 Å². The van der Waals surface area contributed by atoms with Crippen LogP contribution in [-0.4, -0.2) is 26.0 Å². The number of fused-ring (bicyclic) bond motifs is 1. The molecule has 0 radical (unpaired) electrons. The molecule has 4 atom stereocenters. The smallest absolute Gasteiger partial charge is 0.406 e. The van der Waals surface area contributed by atoms with E-state index >= 15 is 0 Å². The zero-order valence-corrected chi connectivity index (χ0v) is 16.2. The molecule has 3 rings (SSSR count). The zero-order valence-electron chi connectivity index (χ0n) is 16.2. The van der Waals surface area contributed by atoms with E-state index in [4.69, 9.17) is 0 Å². The molecule has 1 heterocycles. The van der Waals surface area contributed by atoms with Crippen molar-refractivity contribution in [2.75, 3.05) is 19.6 Å². The summed E-state index contributed by atoms with van der Waals surface area (Å²) in [4.78, 5) is 0. The summed E-state index contributed by atoms with van der Waals surface area (Å²) >= 11 is 0. The molecule has 0 aromatic heterocycles. The van der Waals surface area contributed by atoms with E-state index < -0.39 is 6.36 Å². The van der Waals surface area contributed by atoms with Crippen LogP contribution in [0.15, 0.2) is 24.3 Å². The van der Waals surface area contributed by atoms with Gasteiger partial charge in [0.2, 0.25) is 0 Å². The highest BCUT2D eigenvalue weighted by atomic mass is 19.4. The molecular weight excluding hydrogens is 353 g/mol. The number of rotatable bonds is 10. The van der Waals surface area contributed by atoms with Gasteiger partial charge < -0.3 is 15.4 Å². The molecule has 152 valence electrons. The average Bonchev–Trinajstić information content (AvgIpc) is 3.04. The van der Waals surface area contributed by atoms with Crippen molar-refractivity contribution in [3.8, 4) is 5.75 Å². The Bertz CT molecular complexity index is 597. The average molecular weight is 384 g/mol. The molecule has 2 N–H and O–H groups in total. The van der Waals surface area contributed by atoms with Crippen LogP contribution in [0.5, 0.6) is 5.75 Å². The Labute approximate surface area is 160 Å². The van der Waals surface area contributed by atoms with Gasteiger partial charge in [-0.2, -0.15) is 0 Å². The third-order valence-corrected chi connectivity index (χ3v) is 6.22. The molecule has 1 aromatic rings. The first-order valence-corrected chi connectivity index (χ1v) is 10.2. The number of hydrogen-bond acceptors (Lipinski definition) is 3. The lowest BCUT2D eigenvalue weighted by molar-refractivity contribution is -0.274. The maximum atomic E-state index is 12.6. The van der Waals surface area contributed by atoms with Crippen LogP contribution >= 0.6 is 0 Å². The van der Waals surface area contributed by atoms with Gasteiger partial charge in [-0.15, -0.1) is 13.2 Å². The standard InChI is InChI=1S/C21H31F3N2O/c1-3-5-7-14(4-2)20(26-13-19-17-11-25-12-18(17)19)15-8-6-9-16(10-15)27-21(22,23)24/h6,8-10,14,17-20,25-26H,3-5,7,11-13H2,1-2H3. The summed E-state index contributed by atoms with van der Waals surface area (Å²) in [5, 5.41) is 7.12. The number of unbranched alkanes of at least 4 members (excludes halogenated alkanes) is 1. The fourth-order valence-corrected chi connectivity index (χ4v) is 4.65. The van der Waals surface area contributed by atoms with Gasteiger partial charge >= 0.3 is 6.36 Å². The summed E-state index contributed by atoms with van der Waals surface area (Å²) < 4.78 is 42.0. The lowest BCUT2D eigenvalue weighted by atomic mass is 9.86. The fraction of sp³-hybridized carbons (Fsp3) is 0.714. The molecule has 6 heteroatoms. The quantitative estimate of drug-likeness (QED) is 0.602. The molecule has 4 unspecified atom stereocenters. The van der Waals surface area contributed by atoms with Gasteiger partial charge in [0.25, 0.3) is 0 Å². The van der Waals surface area contributed by atoms with Crippen LogP contribution in [-0.2, 0) is 0 Å². The first kappa shape index (κ1) is 20.5. The minimum Gasteiger partial charge on any atom is -0.406 e. The molecule has 2 aliphatic rings. The number of nitrogens with one attached hydrogen (secondary N) is 2. The highest BCUT2D eigenvalue weighted by Crippen LogP contribution is 2.48. The Morgan fingerprint density at radius 1 is 1.22 bits per heavy atom. The maximum Gasteiger partial charge on any atom is 0.573 e. The number of alkyl halides is 3. The molecule has 3 nitrogen and oxygen atoms in total. The lowest BCUT2D eigenvalue weighted by Crippen LogP contribution is -2.32. The van der Waals surface area contributed by atoms with Gasteiger partial charge in [0.15, 0.2) is 0 Å². The molecule has 1 saturated carbocycles. The van der Waals surface area contributed by atoms with E-state index in [9.17, 15) is 13.2 Å². The van der Waals surface area contributed by atoms with E-state index in [0.29, 0.717) is 11.8 Å². The SMILES string of the molecule is CCCCC(CC)C(NCC1C2CNCC21)c1cccc(OC(F)(F)F)c1. The Morgan fingerprint density at radius 3 is 2.59 bits per heavy atom. The molecular formula is C21H31F3N2O.